The molecule has 2 N–H and O–H groups in total. The molecule has 1 spiro atoms. The SMILES string of the molecule is Cc1ccccc1S(=O)(=O)N1CCC2(CC1)NCCN=C2NCc1ccccc1Cl. The van der Waals surface area contributed by atoms with E-state index in [9.17, 15) is 8.42 Å². The van der Waals surface area contributed by atoms with Crippen molar-refractivity contribution in [3.8, 4) is 0 Å². The van der Waals surface area contributed by atoms with Gasteiger partial charge in [0.05, 0.1) is 17.0 Å². The Morgan fingerprint density at radius 3 is 2.57 bits per heavy atom. The lowest BCUT2D eigenvalue weighted by Gasteiger charge is -2.44. The number of benzene rings is 2. The van der Waals surface area contributed by atoms with E-state index in [4.69, 9.17) is 16.6 Å². The number of halogens is 1. The number of nitrogens with zero attached hydrogens (tertiary/aromatic N) is 2. The maximum Gasteiger partial charge on any atom is 0.243 e. The van der Waals surface area contributed by atoms with E-state index in [2.05, 4.69) is 10.6 Å². The smallest absolute Gasteiger partial charge is 0.243 e. The molecule has 0 bridgehead atoms. The van der Waals surface area contributed by atoms with E-state index in [1.807, 2.05) is 43.3 Å². The fourth-order valence-corrected chi connectivity index (χ4v) is 6.12. The third-order valence-corrected chi connectivity index (χ3v) is 8.42. The second-order valence-electron chi connectivity index (χ2n) is 7.85. The summed E-state index contributed by atoms with van der Waals surface area (Å²) in [5, 5.41) is 7.80. The molecule has 0 radical (unpaired) electrons. The van der Waals surface area contributed by atoms with Gasteiger partial charge in [-0.05, 0) is 43.0 Å². The first-order valence-corrected chi connectivity index (χ1v) is 12.1. The van der Waals surface area contributed by atoms with Crippen LogP contribution in [0.3, 0.4) is 0 Å². The first kappa shape index (κ1) is 21.3. The normalized spacial score (nSPS) is 19.5. The molecule has 0 aliphatic carbocycles. The molecule has 4 rings (SSSR count). The minimum atomic E-state index is -3.50. The molecule has 160 valence electrons. The molecule has 2 aromatic rings. The van der Waals surface area contributed by atoms with E-state index in [1.54, 1.807) is 16.4 Å². The van der Waals surface area contributed by atoms with Gasteiger partial charge in [0, 0.05) is 31.2 Å². The number of rotatable bonds is 4. The van der Waals surface area contributed by atoms with Crippen molar-refractivity contribution in [2.45, 2.75) is 36.7 Å². The van der Waals surface area contributed by atoms with Crippen LogP contribution >= 0.6 is 11.6 Å². The van der Waals surface area contributed by atoms with Crippen molar-refractivity contribution < 1.29 is 8.42 Å². The van der Waals surface area contributed by atoms with Crippen molar-refractivity contribution in [2.75, 3.05) is 26.2 Å². The lowest BCUT2D eigenvalue weighted by atomic mass is 9.85. The summed E-state index contributed by atoms with van der Waals surface area (Å²) < 4.78 is 27.9. The van der Waals surface area contributed by atoms with E-state index in [0.29, 0.717) is 43.9 Å². The van der Waals surface area contributed by atoms with Gasteiger partial charge in [0.15, 0.2) is 0 Å². The molecular formula is C22H27ClN4O2S. The van der Waals surface area contributed by atoms with Crippen LogP contribution < -0.4 is 10.6 Å². The molecule has 6 nitrogen and oxygen atoms in total. The van der Waals surface area contributed by atoms with Crippen LogP contribution in [0.25, 0.3) is 0 Å². The Labute approximate surface area is 183 Å². The summed E-state index contributed by atoms with van der Waals surface area (Å²) in [6.45, 7) is 4.84. The molecule has 2 aromatic carbocycles. The topological polar surface area (TPSA) is 73.8 Å². The minimum absolute atomic E-state index is 0.322. The number of aryl methyl sites for hydroxylation is 1. The number of sulfonamides is 1. The van der Waals surface area contributed by atoms with Crippen LogP contribution in [0.1, 0.15) is 24.0 Å². The van der Waals surface area contributed by atoms with Gasteiger partial charge in [-0.15, -0.1) is 0 Å². The number of piperidine rings is 1. The second-order valence-corrected chi connectivity index (χ2v) is 10.2. The highest BCUT2D eigenvalue weighted by molar-refractivity contribution is 7.89. The molecule has 30 heavy (non-hydrogen) atoms. The summed E-state index contributed by atoms with van der Waals surface area (Å²) in [7, 11) is -3.50. The summed E-state index contributed by atoms with van der Waals surface area (Å²) in [5.74, 6) is 0.904. The largest absolute Gasteiger partial charge is 0.368 e. The van der Waals surface area contributed by atoms with E-state index in [1.165, 1.54) is 0 Å². The Morgan fingerprint density at radius 1 is 1.13 bits per heavy atom. The van der Waals surface area contributed by atoms with Gasteiger partial charge in [-0.1, -0.05) is 48.0 Å². The van der Waals surface area contributed by atoms with Gasteiger partial charge >= 0.3 is 0 Å². The highest BCUT2D eigenvalue weighted by Gasteiger charge is 2.43. The molecule has 2 aliphatic heterocycles. The summed E-state index contributed by atoms with van der Waals surface area (Å²) in [6, 6.07) is 14.9. The van der Waals surface area contributed by atoms with E-state index in [-0.39, 0.29) is 5.54 Å². The zero-order valence-corrected chi connectivity index (χ0v) is 18.6. The van der Waals surface area contributed by atoms with Crippen molar-refractivity contribution in [2.24, 2.45) is 4.99 Å². The van der Waals surface area contributed by atoms with Gasteiger partial charge in [0.25, 0.3) is 0 Å². The van der Waals surface area contributed by atoms with Crippen LogP contribution in [-0.4, -0.2) is 50.3 Å². The van der Waals surface area contributed by atoms with Crippen molar-refractivity contribution in [3.63, 3.8) is 0 Å². The number of amidine groups is 1. The number of hydrogen-bond acceptors (Lipinski definition) is 5. The van der Waals surface area contributed by atoms with Crippen molar-refractivity contribution >= 4 is 27.5 Å². The number of nitrogens with one attached hydrogen (secondary N) is 2. The maximum atomic E-state index is 13.2. The molecular weight excluding hydrogens is 420 g/mol. The molecule has 1 saturated heterocycles. The van der Waals surface area contributed by atoms with Crippen LogP contribution in [0.2, 0.25) is 5.02 Å². The summed E-state index contributed by atoms with van der Waals surface area (Å²) in [5.41, 5.74) is 1.47. The summed E-state index contributed by atoms with van der Waals surface area (Å²) in [4.78, 5) is 5.13. The molecule has 0 amide bonds. The van der Waals surface area contributed by atoms with Crippen LogP contribution in [-0.2, 0) is 16.6 Å². The van der Waals surface area contributed by atoms with Crippen LogP contribution in [0.5, 0.6) is 0 Å². The first-order valence-electron chi connectivity index (χ1n) is 10.3. The predicted molar refractivity (Wildman–Crippen MR) is 120 cm³/mol. The second kappa shape index (κ2) is 8.67. The van der Waals surface area contributed by atoms with Crippen LogP contribution in [0, 0.1) is 6.92 Å². The highest BCUT2D eigenvalue weighted by Crippen LogP contribution is 2.30. The van der Waals surface area contributed by atoms with Crippen molar-refractivity contribution in [1.29, 1.82) is 0 Å². The highest BCUT2D eigenvalue weighted by atomic mass is 35.5. The van der Waals surface area contributed by atoms with E-state index in [0.717, 1.165) is 28.5 Å². The zero-order valence-electron chi connectivity index (χ0n) is 17.1. The number of aliphatic imine (C=N–C) groups is 1. The Bertz CT molecular complexity index is 1050. The molecule has 2 heterocycles. The van der Waals surface area contributed by atoms with Crippen molar-refractivity contribution in [3.05, 3.63) is 64.7 Å². The Kier molecular flexibility index (Phi) is 6.16. The summed E-state index contributed by atoms with van der Waals surface area (Å²) in [6.07, 6.45) is 1.35. The van der Waals surface area contributed by atoms with Gasteiger partial charge in [-0.25, -0.2) is 8.42 Å². The molecule has 0 unspecified atom stereocenters. The zero-order chi connectivity index (χ0) is 21.2. The molecule has 1 fully saturated rings. The van der Waals surface area contributed by atoms with E-state index >= 15 is 0 Å². The van der Waals surface area contributed by atoms with Gasteiger partial charge in [0.1, 0.15) is 5.84 Å². The van der Waals surface area contributed by atoms with Crippen LogP contribution in [0.15, 0.2) is 58.4 Å². The fraction of sp³-hybridized carbons (Fsp3) is 0.409. The Hall–Kier alpha value is -1.93. The summed E-state index contributed by atoms with van der Waals surface area (Å²) >= 11 is 6.29. The Balaban J connectivity index is 1.48. The average molecular weight is 447 g/mol. The van der Waals surface area contributed by atoms with Gasteiger partial charge < -0.3 is 10.6 Å². The monoisotopic (exact) mass is 446 g/mol. The lowest BCUT2D eigenvalue weighted by Crippen LogP contribution is -2.64. The molecule has 0 aromatic heterocycles. The van der Waals surface area contributed by atoms with Gasteiger partial charge in [-0.3, -0.25) is 4.99 Å². The van der Waals surface area contributed by atoms with E-state index < -0.39 is 10.0 Å². The minimum Gasteiger partial charge on any atom is -0.368 e. The standard InChI is InChI=1S/C22H27ClN4O2S/c1-17-6-2-5-9-20(17)30(28,29)27-14-10-22(11-15-27)21(24-12-13-26-22)25-16-18-7-3-4-8-19(18)23/h2-9,26H,10-16H2,1H3,(H,24,25). The fourth-order valence-electron chi connectivity index (χ4n) is 4.25. The third-order valence-electron chi connectivity index (χ3n) is 5.99. The first-order chi connectivity index (χ1) is 14.4. The quantitative estimate of drug-likeness (QED) is 0.757. The van der Waals surface area contributed by atoms with Gasteiger partial charge in [0.2, 0.25) is 10.0 Å². The maximum absolute atomic E-state index is 13.2. The number of hydrogen-bond donors (Lipinski definition) is 2. The Morgan fingerprint density at radius 2 is 1.83 bits per heavy atom. The van der Waals surface area contributed by atoms with Crippen LogP contribution in [0.4, 0.5) is 0 Å². The third kappa shape index (κ3) is 4.12. The molecule has 8 heteroatoms. The predicted octanol–water partition coefficient (Wildman–Crippen LogP) is 2.96. The molecule has 0 atom stereocenters. The van der Waals surface area contributed by atoms with Crippen molar-refractivity contribution in [1.82, 2.24) is 14.9 Å². The van der Waals surface area contributed by atoms with Gasteiger partial charge in [-0.2, -0.15) is 4.31 Å². The molecule has 2 aliphatic rings. The lowest BCUT2D eigenvalue weighted by molar-refractivity contribution is 0.241. The average Bonchev–Trinajstić information content (AvgIpc) is 2.75. The molecule has 0 saturated carbocycles.